The standard InChI is InChI=1S/C13H21N3S/c1-9-10(2)17-13(15-9)16-8-4-6-12(16)11-5-3-7-14-11/h11-12,14H,3-8H2,1-2H3. The Labute approximate surface area is 107 Å². The zero-order chi connectivity index (χ0) is 11.8. The fourth-order valence-electron chi connectivity index (χ4n) is 3.07. The lowest BCUT2D eigenvalue weighted by Crippen LogP contribution is -2.44. The number of thiazole rings is 1. The second-order valence-corrected chi connectivity index (χ2v) is 6.43. The predicted molar refractivity (Wildman–Crippen MR) is 73.0 cm³/mol. The number of aryl methyl sites for hydroxylation is 2. The molecule has 2 atom stereocenters. The zero-order valence-corrected chi connectivity index (χ0v) is 11.5. The molecule has 2 saturated heterocycles. The molecule has 0 spiro atoms. The quantitative estimate of drug-likeness (QED) is 0.875. The average Bonchev–Trinajstić information content (AvgIpc) is 3.00. The molecule has 0 radical (unpaired) electrons. The first-order chi connectivity index (χ1) is 8.25. The summed E-state index contributed by atoms with van der Waals surface area (Å²) in [6.07, 6.45) is 5.32. The van der Waals surface area contributed by atoms with Crippen molar-refractivity contribution >= 4 is 16.5 Å². The van der Waals surface area contributed by atoms with Crippen molar-refractivity contribution in [3.05, 3.63) is 10.6 Å². The Kier molecular flexibility index (Phi) is 3.09. The lowest BCUT2D eigenvalue weighted by Gasteiger charge is -2.29. The van der Waals surface area contributed by atoms with Gasteiger partial charge in [0.05, 0.1) is 5.69 Å². The highest BCUT2D eigenvalue weighted by atomic mass is 32.1. The van der Waals surface area contributed by atoms with Gasteiger partial charge in [-0.1, -0.05) is 0 Å². The molecule has 3 heterocycles. The lowest BCUT2D eigenvalue weighted by atomic mass is 10.0. The molecule has 3 rings (SSSR count). The Morgan fingerprint density at radius 2 is 2.18 bits per heavy atom. The molecule has 0 aromatic carbocycles. The third-order valence-electron chi connectivity index (χ3n) is 4.13. The smallest absolute Gasteiger partial charge is 0.186 e. The molecule has 0 aliphatic carbocycles. The van der Waals surface area contributed by atoms with Crippen LogP contribution in [-0.2, 0) is 0 Å². The Morgan fingerprint density at radius 1 is 1.29 bits per heavy atom. The molecule has 1 N–H and O–H groups in total. The third kappa shape index (κ3) is 2.08. The van der Waals surface area contributed by atoms with E-state index in [4.69, 9.17) is 4.98 Å². The van der Waals surface area contributed by atoms with Gasteiger partial charge in [-0.3, -0.25) is 0 Å². The fourth-order valence-corrected chi connectivity index (χ4v) is 4.06. The van der Waals surface area contributed by atoms with Crippen molar-refractivity contribution in [1.29, 1.82) is 0 Å². The summed E-state index contributed by atoms with van der Waals surface area (Å²) in [7, 11) is 0. The maximum atomic E-state index is 4.73. The number of hydrogen-bond acceptors (Lipinski definition) is 4. The van der Waals surface area contributed by atoms with E-state index in [9.17, 15) is 0 Å². The van der Waals surface area contributed by atoms with Crippen molar-refractivity contribution in [2.75, 3.05) is 18.0 Å². The van der Waals surface area contributed by atoms with Gasteiger partial charge in [0.2, 0.25) is 0 Å². The summed E-state index contributed by atoms with van der Waals surface area (Å²) in [6, 6.07) is 1.38. The lowest BCUT2D eigenvalue weighted by molar-refractivity contribution is 0.482. The molecule has 0 amide bonds. The first-order valence-electron chi connectivity index (χ1n) is 6.70. The minimum atomic E-state index is 0.683. The number of anilines is 1. The molecule has 17 heavy (non-hydrogen) atoms. The Hall–Kier alpha value is -0.610. The Balaban J connectivity index is 1.81. The molecule has 0 saturated carbocycles. The molecule has 94 valence electrons. The van der Waals surface area contributed by atoms with Gasteiger partial charge in [0.15, 0.2) is 5.13 Å². The van der Waals surface area contributed by atoms with E-state index in [1.807, 2.05) is 11.3 Å². The van der Waals surface area contributed by atoms with Crippen LogP contribution in [0.25, 0.3) is 0 Å². The monoisotopic (exact) mass is 251 g/mol. The summed E-state index contributed by atoms with van der Waals surface area (Å²) in [6.45, 7) is 6.68. The highest BCUT2D eigenvalue weighted by Gasteiger charge is 2.34. The van der Waals surface area contributed by atoms with Gasteiger partial charge in [0, 0.05) is 23.5 Å². The van der Waals surface area contributed by atoms with Crippen molar-refractivity contribution in [2.24, 2.45) is 0 Å². The summed E-state index contributed by atoms with van der Waals surface area (Å²) in [5.41, 5.74) is 1.20. The van der Waals surface area contributed by atoms with Crippen molar-refractivity contribution in [1.82, 2.24) is 10.3 Å². The number of hydrogen-bond donors (Lipinski definition) is 1. The first kappa shape index (κ1) is 11.5. The molecule has 0 bridgehead atoms. The molecular formula is C13H21N3S. The van der Waals surface area contributed by atoms with Crippen LogP contribution in [0.5, 0.6) is 0 Å². The number of nitrogens with one attached hydrogen (secondary N) is 1. The van der Waals surface area contributed by atoms with E-state index in [1.165, 1.54) is 54.5 Å². The molecule has 2 unspecified atom stereocenters. The Bertz CT molecular complexity index is 376. The molecule has 2 aliphatic heterocycles. The molecule has 2 fully saturated rings. The topological polar surface area (TPSA) is 28.2 Å². The van der Waals surface area contributed by atoms with Crippen LogP contribution in [0.3, 0.4) is 0 Å². The van der Waals surface area contributed by atoms with E-state index < -0.39 is 0 Å². The van der Waals surface area contributed by atoms with Crippen LogP contribution in [0, 0.1) is 13.8 Å². The largest absolute Gasteiger partial charge is 0.344 e. The van der Waals surface area contributed by atoms with Crippen LogP contribution in [0.1, 0.15) is 36.3 Å². The molecule has 2 aliphatic rings. The third-order valence-corrected chi connectivity index (χ3v) is 5.24. The van der Waals surface area contributed by atoms with Gasteiger partial charge in [0.25, 0.3) is 0 Å². The normalized spacial score (nSPS) is 29.2. The van der Waals surface area contributed by atoms with E-state index >= 15 is 0 Å². The summed E-state index contributed by atoms with van der Waals surface area (Å²) in [5, 5.41) is 4.90. The minimum absolute atomic E-state index is 0.683. The summed E-state index contributed by atoms with van der Waals surface area (Å²) < 4.78 is 0. The van der Waals surface area contributed by atoms with Crippen LogP contribution in [0.15, 0.2) is 0 Å². The highest BCUT2D eigenvalue weighted by molar-refractivity contribution is 7.15. The minimum Gasteiger partial charge on any atom is -0.344 e. The fraction of sp³-hybridized carbons (Fsp3) is 0.769. The molecule has 3 nitrogen and oxygen atoms in total. The van der Waals surface area contributed by atoms with Crippen LogP contribution in [0.2, 0.25) is 0 Å². The highest BCUT2D eigenvalue weighted by Crippen LogP contribution is 2.33. The van der Waals surface area contributed by atoms with E-state index in [2.05, 4.69) is 24.1 Å². The summed E-state index contributed by atoms with van der Waals surface area (Å²) >= 11 is 1.86. The number of aromatic nitrogens is 1. The second-order valence-electron chi connectivity index (χ2n) is 5.24. The van der Waals surface area contributed by atoms with Gasteiger partial charge in [-0.2, -0.15) is 0 Å². The maximum Gasteiger partial charge on any atom is 0.186 e. The molecule has 1 aromatic heterocycles. The van der Waals surface area contributed by atoms with Gasteiger partial charge in [0.1, 0.15) is 0 Å². The van der Waals surface area contributed by atoms with E-state index in [0.717, 1.165) is 0 Å². The second kappa shape index (κ2) is 4.58. The molecular weight excluding hydrogens is 230 g/mol. The van der Waals surface area contributed by atoms with Crippen molar-refractivity contribution in [2.45, 2.75) is 51.6 Å². The van der Waals surface area contributed by atoms with Gasteiger partial charge >= 0.3 is 0 Å². The first-order valence-corrected chi connectivity index (χ1v) is 7.51. The van der Waals surface area contributed by atoms with Crippen LogP contribution >= 0.6 is 11.3 Å². The van der Waals surface area contributed by atoms with E-state index in [-0.39, 0.29) is 0 Å². The number of rotatable bonds is 2. The van der Waals surface area contributed by atoms with E-state index in [0.29, 0.717) is 12.1 Å². The summed E-state index contributed by atoms with van der Waals surface area (Å²) in [4.78, 5) is 8.65. The SMILES string of the molecule is Cc1nc(N2CCCC2C2CCCN2)sc1C. The van der Waals surface area contributed by atoms with Crippen molar-refractivity contribution < 1.29 is 0 Å². The summed E-state index contributed by atoms with van der Waals surface area (Å²) in [5.74, 6) is 0. The van der Waals surface area contributed by atoms with E-state index in [1.54, 1.807) is 0 Å². The molecule has 4 heteroatoms. The predicted octanol–water partition coefficient (Wildman–Crippen LogP) is 2.48. The Morgan fingerprint density at radius 3 is 2.82 bits per heavy atom. The maximum absolute atomic E-state index is 4.73. The van der Waals surface area contributed by atoms with Gasteiger partial charge in [-0.25, -0.2) is 4.98 Å². The van der Waals surface area contributed by atoms with Gasteiger partial charge in [-0.15, -0.1) is 11.3 Å². The van der Waals surface area contributed by atoms with Gasteiger partial charge in [-0.05, 0) is 46.1 Å². The van der Waals surface area contributed by atoms with Crippen LogP contribution in [-0.4, -0.2) is 30.2 Å². The average molecular weight is 251 g/mol. The number of nitrogens with zero attached hydrogens (tertiary/aromatic N) is 2. The van der Waals surface area contributed by atoms with Crippen molar-refractivity contribution in [3.8, 4) is 0 Å². The molecule has 1 aromatic rings. The van der Waals surface area contributed by atoms with Crippen LogP contribution in [0.4, 0.5) is 5.13 Å². The van der Waals surface area contributed by atoms with Crippen molar-refractivity contribution in [3.63, 3.8) is 0 Å². The van der Waals surface area contributed by atoms with Crippen LogP contribution < -0.4 is 10.2 Å². The zero-order valence-electron chi connectivity index (χ0n) is 10.7. The van der Waals surface area contributed by atoms with Gasteiger partial charge < -0.3 is 10.2 Å².